The predicted octanol–water partition coefficient (Wildman–Crippen LogP) is 4.01. The van der Waals surface area contributed by atoms with Crippen molar-refractivity contribution in [3.8, 4) is 0 Å². The maximum absolute atomic E-state index is 13.6. The van der Waals surface area contributed by atoms with Crippen molar-refractivity contribution in [2.24, 2.45) is 0 Å². The minimum Gasteiger partial charge on any atom is -0.321 e. The van der Waals surface area contributed by atoms with Gasteiger partial charge in [0.05, 0.1) is 40.9 Å². The first-order chi connectivity index (χ1) is 16.1. The van der Waals surface area contributed by atoms with Crippen LogP contribution in [0.5, 0.6) is 0 Å². The molecule has 4 aromatic heterocycles. The summed E-state index contributed by atoms with van der Waals surface area (Å²) in [6.45, 7) is 12.2. The number of nitrogens with one attached hydrogen (secondary N) is 1. The Morgan fingerprint density at radius 2 is 1.74 bits per heavy atom. The van der Waals surface area contributed by atoms with Gasteiger partial charge in [-0.15, -0.1) is 0 Å². The molecule has 4 aromatic rings. The fourth-order valence-corrected chi connectivity index (χ4v) is 4.27. The van der Waals surface area contributed by atoms with Crippen LogP contribution in [0.15, 0.2) is 12.3 Å². The van der Waals surface area contributed by atoms with E-state index in [1.54, 1.807) is 13.8 Å². The van der Waals surface area contributed by atoms with Gasteiger partial charge in [-0.05, 0) is 47.6 Å². The molecule has 34 heavy (non-hydrogen) atoms. The lowest BCUT2D eigenvalue weighted by Gasteiger charge is -2.09. The van der Waals surface area contributed by atoms with Crippen molar-refractivity contribution in [3.05, 3.63) is 51.9 Å². The zero-order chi connectivity index (χ0) is 24.7. The van der Waals surface area contributed by atoms with Crippen molar-refractivity contribution in [2.75, 3.05) is 5.32 Å². The van der Waals surface area contributed by atoms with Gasteiger partial charge in [0.15, 0.2) is 5.65 Å². The minimum absolute atomic E-state index is 0.124. The molecule has 9 nitrogen and oxygen atoms in total. The van der Waals surface area contributed by atoms with Crippen LogP contribution in [0.3, 0.4) is 0 Å². The van der Waals surface area contributed by atoms with E-state index in [-0.39, 0.29) is 29.0 Å². The molecule has 0 aromatic carbocycles. The third-order valence-corrected chi connectivity index (χ3v) is 6.03. The maximum atomic E-state index is 13.6. The van der Waals surface area contributed by atoms with Crippen LogP contribution in [0.2, 0.25) is 0 Å². The Morgan fingerprint density at radius 1 is 1.03 bits per heavy atom. The molecule has 4 heterocycles. The molecule has 1 N–H and O–H groups in total. The Morgan fingerprint density at radius 3 is 2.38 bits per heavy atom. The van der Waals surface area contributed by atoms with Crippen molar-refractivity contribution in [1.29, 1.82) is 0 Å². The highest BCUT2D eigenvalue weighted by atomic mass is 19.3. The molecule has 0 radical (unpaired) electrons. The molecule has 11 heteroatoms. The number of fused-ring (bicyclic) bond motifs is 1. The zero-order valence-electron chi connectivity index (χ0n) is 20.1. The average molecular weight is 471 g/mol. The van der Waals surface area contributed by atoms with Crippen molar-refractivity contribution in [2.45, 2.75) is 67.6 Å². The lowest BCUT2D eigenvalue weighted by molar-refractivity contribution is -0.116. The highest BCUT2D eigenvalue weighted by Gasteiger charge is 2.22. The van der Waals surface area contributed by atoms with Gasteiger partial charge in [-0.1, -0.05) is 0 Å². The van der Waals surface area contributed by atoms with Crippen molar-refractivity contribution >= 4 is 22.6 Å². The molecule has 0 spiro atoms. The van der Waals surface area contributed by atoms with Crippen LogP contribution in [0.1, 0.15) is 52.9 Å². The van der Waals surface area contributed by atoms with E-state index < -0.39 is 6.43 Å². The SMILES string of the molecule is CCn1ncc(Cn2nc(C)c(NC(=O)Cn3nc(C)c4c(C(F)F)cc(C)nc43)c2C)c1C. The van der Waals surface area contributed by atoms with E-state index in [1.807, 2.05) is 43.3 Å². The second kappa shape index (κ2) is 8.96. The average Bonchev–Trinajstić information content (AvgIpc) is 3.37. The number of aryl methyl sites for hydroxylation is 4. The second-order valence-electron chi connectivity index (χ2n) is 8.42. The van der Waals surface area contributed by atoms with Gasteiger partial charge < -0.3 is 5.32 Å². The number of anilines is 1. The lowest BCUT2D eigenvalue weighted by Crippen LogP contribution is -2.20. The lowest BCUT2D eigenvalue weighted by atomic mass is 10.1. The summed E-state index contributed by atoms with van der Waals surface area (Å²) >= 11 is 0. The Balaban J connectivity index is 1.57. The van der Waals surface area contributed by atoms with Gasteiger partial charge in [0.1, 0.15) is 6.54 Å². The number of amides is 1. The van der Waals surface area contributed by atoms with Gasteiger partial charge in [0.2, 0.25) is 5.91 Å². The number of halogens is 2. The van der Waals surface area contributed by atoms with E-state index in [2.05, 4.69) is 25.6 Å². The number of carbonyl (C=O) groups excluding carboxylic acids is 1. The molecule has 0 aliphatic rings. The molecule has 180 valence electrons. The number of rotatable bonds is 7. The van der Waals surface area contributed by atoms with E-state index in [0.717, 1.165) is 23.5 Å². The van der Waals surface area contributed by atoms with E-state index in [9.17, 15) is 13.6 Å². The monoisotopic (exact) mass is 470 g/mol. The molecular formula is C23H28F2N8O. The minimum atomic E-state index is -2.65. The molecule has 0 atom stereocenters. The van der Waals surface area contributed by atoms with Gasteiger partial charge in [0, 0.05) is 29.1 Å². The number of aromatic nitrogens is 7. The summed E-state index contributed by atoms with van der Waals surface area (Å²) in [4.78, 5) is 17.3. The van der Waals surface area contributed by atoms with E-state index in [1.165, 1.54) is 10.7 Å². The van der Waals surface area contributed by atoms with Gasteiger partial charge in [-0.2, -0.15) is 15.3 Å². The molecule has 0 saturated carbocycles. The zero-order valence-corrected chi connectivity index (χ0v) is 20.1. The third-order valence-electron chi connectivity index (χ3n) is 6.03. The van der Waals surface area contributed by atoms with Crippen molar-refractivity contribution in [3.63, 3.8) is 0 Å². The number of carbonyl (C=O) groups is 1. The number of nitrogens with zero attached hydrogens (tertiary/aromatic N) is 7. The Kier molecular flexibility index (Phi) is 6.20. The largest absolute Gasteiger partial charge is 0.321 e. The Bertz CT molecular complexity index is 1380. The molecular weight excluding hydrogens is 442 g/mol. The first-order valence-corrected chi connectivity index (χ1v) is 11.1. The summed E-state index contributed by atoms with van der Waals surface area (Å²) in [6.07, 6.45) is -0.819. The summed E-state index contributed by atoms with van der Waals surface area (Å²) in [6, 6.07) is 1.36. The van der Waals surface area contributed by atoms with Crippen molar-refractivity contribution in [1.82, 2.24) is 34.3 Å². The number of hydrogen-bond acceptors (Lipinski definition) is 5. The number of hydrogen-bond donors (Lipinski definition) is 1. The molecule has 0 aliphatic carbocycles. The fraction of sp³-hybridized carbons (Fsp3) is 0.435. The molecule has 0 saturated heterocycles. The number of alkyl halides is 2. The normalized spacial score (nSPS) is 11.7. The highest BCUT2D eigenvalue weighted by Crippen LogP contribution is 2.30. The van der Waals surface area contributed by atoms with Crippen LogP contribution in [0, 0.1) is 34.6 Å². The van der Waals surface area contributed by atoms with Gasteiger partial charge in [-0.25, -0.2) is 18.4 Å². The topological polar surface area (TPSA) is 95.5 Å². The predicted molar refractivity (Wildman–Crippen MR) is 124 cm³/mol. The molecule has 1 amide bonds. The quantitative estimate of drug-likeness (QED) is 0.440. The van der Waals surface area contributed by atoms with Crippen molar-refractivity contribution < 1.29 is 13.6 Å². The molecule has 0 fully saturated rings. The Hall–Kier alpha value is -3.63. The Labute approximate surface area is 195 Å². The summed E-state index contributed by atoms with van der Waals surface area (Å²) in [5.74, 6) is -0.341. The summed E-state index contributed by atoms with van der Waals surface area (Å²) in [7, 11) is 0. The first-order valence-electron chi connectivity index (χ1n) is 11.1. The van der Waals surface area contributed by atoms with Crippen LogP contribution < -0.4 is 5.32 Å². The van der Waals surface area contributed by atoms with Gasteiger partial charge >= 0.3 is 0 Å². The summed E-state index contributed by atoms with van der Waals surface area (Å²) in [5.41, 5.74) is 5.25. The third kappa shape index (κ3) is 4.17. The highest BCUT2D eigenvalue weighted by molar-refractivity contribution is 5.93. The second-order valence-corrected chi connectivity index (χ2v) is 8.42. The van der Waals surface area contributed by atoms with E-state index in [4.69, 9.17) is 0 Å². The van der Waals surface area contributed by atoms with Crippen LogP contribution in [-0.4, -0.2) is 40.2 Å². The van der Waals surface area contributed by atoms with E-state index >= 15 is 0 Å². The molecule has 0 bridgehead atoms. The summed E-state index contributed by atoms with van der Waals surface area (Å²) < 4.78 is 32.2. The summed E-state index contributed by atoms with van der Waals surface area (Å²) in [5, 5.41) is 16.5. The van der Waals surface area contributed by atoms with Crippen LogP contribution in [0.25, 0.3) is 11.0 Å². The molecule has 0 unspecified atom stereocenters. The first kappa shape index (κ1) is 23.5. The maximum Gasteiger partial charge on any atom is 0.264 e. The van der Waals surface area contributed by atoms with E-state index in [0.29, 0.717) is 29.3 Å². The number of pyridine rings is 1. The smallest absolute Gasteiger partial charge is 0.264 e. The standard InChI is InChI=1S/C23H28F2N8O/c1-7-31-15(5)17(9-26-31)10-32-16(6)21(14(4)30-32)28-19(34)11-33-23-20(13(3)29-33)18(22(24)25)8-12(2)27-23/h8-9,22H,7,10-11H2,1-6H3,(H,28,34). The van der Waals surface area contributed by atoms with Gasteiger partial charge in [-0.3, -0.25) is 14.2 Å². The van der Waals surface area contributed by atoms with Crippen LogP contribution >= 0.6 is 0 Å². The molecule has 4 rings (SSSR count). The van der Waals surface area contributed by atoms with Crippen LogP contribution in [0.4, 0.5) is 14.5 Å². The molecule has 0 aliphatic heterocycles. The fourth-order valence-electron chi connectivity index (χ4n) is 4.27. The van der Waals surface area contributed by atoms with Gasteiger partial charge in [0.25, 0.3) is 6.43 Å². The van der Waals surface area contributed by atoms with Crippen LogP contribution in [-0.2, 0) is 24.4 Å².